The molecule has 1 unspecified atom stereocenters. The number of urea groups is 1. The molecule has 0 radical (unpaired) electrons. The summed E-state index contributed by atoms with van der Waals surface area (Å²) in [7, 11) is 0. The van der Waals surface area contributed by atoms with E-state index in [0.717, 1.165) is 11.1 Å². The summed E-state index contributed by atoms with van der Waals surface area (Å²) in [6.45, 7) is 2.23. The molecule has 1 N–H and O–H groups in total. The molecule has 0 bridgehead atoms. The van der Waals surface area contributed by atoms with E-state index in [0.29, 0.717) is 32.7 Å². The normalized spacial score (nSPS) is 15.0. The Balaban J connectivity index is 1.64. The number of carbonyl (C=O) groups is 2. The summed E-state index contributed by atoms with van der Waals surface area (Å²) in [5.74, 6) is -0.440. The first-order valence-corrected chi connectivity index (χ1v) is 9.10. The number of amides is 2. The van der Waals surface area contributed by atoms with Crippen molar-refractivity contribution in [3.05, 3.63) is 71.8 Å². The third-order valence-corrected chi connectivity index (χ3v) is 4.39. The van der Waals surface area contributed by atoms with Gasteiger partial charge in [0.15, 0.2) is 0 Å². The molecular weight excluding hydrogens is 344 g/mol. The maximum Gasteiger partial charge on any atom is 0.329 e. The third-order valence-electron chi connectivity index (χ3n) is 4.39. The van der Waals surface area contributed by atoms with Gasteiger partial charge in [-0.25, -0.2) is 9.59 Å². The Morgan fingerprint density at radius 2 is 1.56 bits per heavy atom. The zero-order valence-corrected chi connectivity index (χ0v) is 15.2. The zero-order chi connectivity index (χ0) is 18.9. The predicted octanol–water partition coefficient (Wildman–Crippen LogP) is 2.38. The molecular formula is C21H24N2O4. The van der Waals surface area contributed by atoms with Crippen LogP contribution in [0.15, 0.2) is 60.7 Å². The molecule has 27 heavy (non-hydrogen) atoms. The van der Waals surface area contributed by atoms with Gasteiger partial charge in [-0.1, -0.05) is 60.7 Å². The van der Waals surface area contributed by atoms with Crippen LogP contribution in [0, 0.1) is 0 Å². The van der Waals surface area contributed by atoms with Crippen LogP contribution in [0.1, 0.15) is 11.1 Å². The summed E-state index contributed by atoms with van der Waals surface area (Å²) in [5, 5.41) is 2.83. The fourth-order valence-corrected chi connectivity index (χ4v) is 2.88. The van der Waals surface area contributed by atoms with Crippen molar-refractivity contribution in [3.8, 4) is 0 Å². The van der Waals surface area contributed by atoms with Crippen LogP contribution in [0.2, 0.25) is 0 Å². The number of hydrogen-bond acceptors (Lipinski definition) is 4. The highest BCUT2D eigenvalue weighted by molar-refractivity contribution is 5.84. The molecule has 2 aromatic rings. The minimum absolute atomic E-state index is 0.179. The smallest absolute Gasteiger partial charge is 0.329 e. The molecule has 0 aliphatic carbocycles. The summed E-state index contributed by atoms with van der Waals surface area (Å²) in [6.07, 6.45) is 0.380. The topological polar surface area (TPSA) is 67.9 Å². The number of nitrogens with zero attached hydrogens (tertiary/aromatic N) is 1. The van der Waals surface area contributed by atoms with Crippen LogP contribution in [0.3, 0.4) is 0 Å². The lowest BCUT2D eigenvalue weighted by atomic mass is 10.1. The number of hydrogen-bond donors (Lipinski definition) is 1. The molecule has 1 aliphatic heterocycles. The summed E-state index contributed by atoms with van der Waals surface area (Å²) in [6, 6.07) is 18.1. The highest BCUT2D eigenvalue weighted by Crippen LogP contribution is 2.08. The lowest BCUT2D eigenvalue weighted by Crippen LogP contribution is -2.52. The summed E-state index contributed by atoms with van der Waals surface area (Å²) in [4.78, 5) is 26.8. The van der Waals surface area contributed by atoms with Gasteiger partial charge in [0, 0.05) is 19.5 Å². The van der Waals surface area contributed by atoms with Gasteiger partial charge in [-0.15, -0.1) is 0 Å². The van der Waals surface area contributed by atoms with Crippen molar-refractivity contribution in [2.75, 3.05) is 26.3 Å². The van der Waals surface area contributed by atoms with Crippen molar-refractivity contribution < 1.29 is 19.1 Å². The average molecular weight is 368 g/mol. The van der Waals surface area contributed by atoms with Crippen molar-refractivity contribution in [1.82, 2.24) is 10.2 Å². The summed E-state index contributed by atoms with van der Waals surface area (Å²) < 4.78 is 10.7. The van der Waals surface area contributed by atoms with E-state index in [1.54, 1.807) is 4.90 Å². The van der Waals surface area contributed by atoms with Gasteiger partial charge in [0.25, 0.3) is 0 Å². The van der Waals surface area contributed by atoms with E-state index in [2.05, 4.69) is 5.32 Å². The second-order valence-electron chi connectivity index (χ2n) is 6.38. The molecule has 2 amide bonds. The van der Waals surface area contributed by atoms with E-state index in [-0.39, 0.29) is 12.6 Å². The third kappa shape index (κ3) is 5.82. The van der Waals surface area contributed by atoms with E-state index < -0.39 is 12.0 Å². The quantitative estimate of drug-likeness (QED) is 0.795. The fraction of sp³-hybridized carbons (Fsp3) is 0.333. The number of nitrogens with one attached hydrogen (secondary N) is 1. The van der Waals surface area contributed by atoms with Crippen LogP contribution in [-0.2, 0) is 27.3 Å². The first-order chi connectivity index (χ1) is 13.2. The van der Waals surface area contributed by atoms with Crippen LogP contribution in [0.4, 0.5) is 4.79 Å². The average Bonchev–Trinajstić information content (AvgIpc) is 2.73. The Hall–Kier alpha value is -2.86. The van der Waals surface area contributed by atoms with Crippen LogP contribution in [0.5, 0.6) is 0 Å². The highest BCUT2D eigenvalue weighted by Gasteiger charge is 2.26. The number of ether oxygens (including phenoxy) is 2. The molecule has 2 aromatic carbocycles. The van der Waals surface area contributed by atoms with Crippen molar-refractivity contribution in [2.45, 2.75) is 19.1 Å². The number of esters is 1. The molecule has 1 saturated heterocycles. The first-order valence-electron chi connectivity index (χ1n) is 9.10. The van der Waals surface area contributed by atoms with E-state index in [4.69, 9.17) is 9.47 Å². The monoisotopic (exact) mass is 368 g/mol. The lowest BCUT2D eigenvalue weighted by molar-refractivity contribution is -0.147. The fourth-order valence-electron chi connectivity index (χ4n) is 2.88. The molecule has 0 aromatic heterocycles. The Kier molecular flexibility index (Phi) is 6.82. The van der Waals surface area contributed by atoms with Crippen molar-refractivity contribution >= 4 is 12.0 Å². The minimum atomic E-state index is -0.744. The second kappa shape index (κ2) is 9.73. The van der Waals surface area contributed by atoms with E-state index in [9.17, 15) is 9.59 Å². The van der Waals surface area contributed by atoms with Gasteiger partial charge < -0.3 is 19.7 Å². The number of morpholine rings is 1. The molecule has 1 heterocycles. The largest absolute Gasteiger partial charge is 0.459 e. The molecule has 0 spiro atoms. The molecule has 0 saturated carbocycles. The van der Waals surface area contributed by atoms with E-state index in [1.165, 1.54) is 0 Å². The van der Waals surface area contributed by atoms with Crippen LogP contribution in [-0.4, -0.2) is 49.2 Å². The van der Waals surface area contributed by atoms with Crippen molar-refractivity contribution in [1.29, 1.82) is 0 Å². The maximum atomic E-state index is 12.7. The number of carbonyl (C=O) groups excluding carboxylic acids is 2. The van der Waals surface area contributed by atoms with Gasteiger partial charge in [0.2, 0.25) is 0 Å². The lowest BCUT2D eigenvalue weighted by Gasteiger charge is -2.28. The van der Waals surface area contributed by atoms with Gasteiger partial charge >= 0.3 is 12.0 Å². The predicted molar refractivity (Wildman–Crippen MR) is 101 cm³/mol. The number of rotatable bonds is 6. The molecule has 3 rings (SSSR count). The Morgan fingerprint density at radius 3 is 2.19 bits per heavy atom. The molecule has 1 fully saturated rings. The first kappa shape index (κ1) is 18.9. The van der Waals surface area contributed by atoms with Crippen LogP contribution < -0.4 is 5.32 Å². The maximum absolute atomic E-state index is 12.7. The molecule has 1 atom stereocenters. The Labute approximate surface area is 159 Å². The zero-order valence-electron chi connectivity index (χ0n) is 15.2. The Morgan fingerprint density at radius 1 is 0.963 bits per heavy atom. The minimum Gasteiger partial charge on any atom is -0.459 e. The van der Waals surface area contributed by atoms with Gasteiger partial charge in [-0.3, -0.25) is 0 Å². The summed E-state index contributed by atoms with van der Waals surface area (Å²) in [5.41, 5.74) is 1.87. The van der Waals surface area contributed by atoms with Gasteiger partial charge in [-0.2, -0.15) is 0 Å². The van der Waals surface area contributed by atoms with Crippen molar-refractivity contribution in [2.24, 2.45) is 0 Å². The molecule has 6 nitrogen and oxygen atoms in total. The Bertz CT molecular complexity index is 730. The highest BCUT2D eigenvalue weighted by atomic mass is 16.5. The van der Waals surface area contributed by atoms with E-state index in [1.807, 2.05) is 60.7 Å². The second-order valence-corrected chi connectivity index (χ2v) is 6.38. The van der Waals surface area contributed by atoms with E-state index >= 15 is 0 Å². The molecule has 6 heteroatoms. The van der Waals surface area contributed by atoms with Crippen LogP contribution >= 0.6 is 0 Å². The van der Waals surface area contributed by atoms with Crippen LogP contribution in [0.25, 0.3) is 0 Å². The number of benzene rings is 2. The standard InChI is InChI=1S/C21H24N2O4/c24-20(27-16-18-9-5-2-6-10-18)19(15-17-7-3-1-4-8-17)22-21(25)23-11-13-26-14-12-23/h1-10,19H,11-16H2,(H,22,25). The van der Waals surface area contributed by atoms with Crippen molar-refractivity contribution in [3.63, 3.8) is 0 Å². The molecule has 142 valence electrons. The van der Waals surface area contributed by atoms with Gasteiger partial charge in [0.1, 0.15) is 12.6 Å². The SMILES string of the molecule is O=C(OCc1ccccc1)C(Cc1ccccc1)NC(=O)N1CCOCC1. The van der Waals surface area contributed by atoms with Gasteiger partial charge in [0.05, 0.1) is 13.2 Å². The van der Waals surface area contributed by atoms with Gasteiger partial charge in [-0.05, 0) is 11.1 Å². The summed E-state index contributed by atoms with van der Waals surface area (Å²) >= 11 is 0. The molecule has 1 aliphatic rings.